The molecule has 1 amide bonds. The molecule has 3 aromatic rings. The second kappa shape index (κ2) is 7.16. The van der Waals surface area contributed by atoms with Gasteiger partial charge in [-0.2, -0.15) is 0 Å². The van der Waals surface area contributed by atoms with E-state index < -0.39 is 0 Å². The van der Waals surface area contributed by atoms with Crippen LogP contribution in [0.25, 0.3) is 11.3 Å². The Morgan fingerprint density at radius 3 is 2.82 bits per heavy atom. The lowest BCUT2D eigenvalue weighted by molar-refractivity contribution is -0.121. The molecular formula is C21H18N2O4S. The van der Waals surface area contributed by atoms with Crippen LogP contribution in [0.2, 0.25) is 0 Å². The van der Waals surface area contributed by atoms with Crippen molar-refractivity contribution in [2.24, 2.45) is 5.92 Å². The van der Waals surface area contributed by atoms with Crippen LogP contribution >= 0.6 is 11.3 Å². The summed E-state index contributed by atoms with van der Waals surface area (Å²) >= 11 is 1.40. The maximum absolute atomic E-state index is 12.7. The van der Waals surface area contributed by atoms with Crippen LogP contribution in [0.4, 0.5) is 5.13 Å². The molecule has 142 valence electrons. The van der Waals surface area contributed by atoms with Crippen LogP contribution < -0.4 is 19.5 Å². The minimum Gasteiger partial charge on any atom is -0.492 e. The number of aromatic nitrogens is 1. The Kier molecular flexibility index (Phi) is 4.37. The van der Waals surface area contributed by atoms with Crippen LogP contribution in [0.5, 0.6) is 17.2 Å². The van der Waals surface area contributed by atoms with Crippen molar-refractivity contribution in [3.05, 3.63) is 53.4 Å². The number of hydrogen-bond donors (Lipinski definition) is 1. The van der Waals surface area contributed by atoms with E-state index in [1.807, 2.05) is 47.8 Å². The van der Waals surface area contributed by atoms with Gasteiger partial charge in [0.25, 0.3) is 0 Å². The number of anilines is 1. The number of para-hydroxylation sites is 1. The number of hydrogen-bond acceptors (Lipinski definition) is 6. The summed E-state index contributed by atoms with van der Waals surface area (Å²) < 4.78 is 16.9. The van der Waals surface area contributed by atoms with Crippen molar-refractivity contribution >= 4 is 22.4 Å². The van der Waals surface area contributed by atoms with Gasteiger partial charge in [-0.15, -0.1) is 11.3 Å². The van der Waals surface area contributed by atoms with Crippen LogP contribution in [-0.2, 0) is 11.2 Å². The number of benzene rings is 2. The molecule has 1 N–H and O–H groups in total. The van der Waals surface area contributed by atoms with Crippen LogP contribution in [0, 0.1) is 5.92 Å². The number of thiazole rings is 1. The first-order valence-electron chi connectivity index (χ1n) is 9.13. The van der Waals surface area contributed by atoms with Crippen molar-refractivity contribution in [2.75, 3.05) is 25.1 Å². The highest BCUT2D eigenvalue weighted by Crippen LogP contribution is 2.35. The minimum atomic E-state index is -0.225. The van der Waals surface area contributed by atoms with E-state index >= 15 is 0 Å². The second-order valence-electron chi connectivity index (χ2n) is 6.71. The molecular weight excluding hydrogens is 376 g/mol. The van der Waals surface area contributed by atoms with Crippen molar-refractivity contribution in [3.63, 3.8) is 0 Å². The molecule has 7 heteroatoms. The van der Waals surface area contributed by atoms with E-state index in [1.54, 1.807) is 0 Å². The maximum Gasteiger partial charge on any atom is 0.233 e. The topological polar surface area (TPSA) is 69.7 Å². The van der Waals surface area contributed by atoms with Gasteiger partial charge in [0.2, 0.25) is 5.91 Å². The molecule has 0 radical (unpaired) electrons. The van der Waals surface area contributed by atoms with E-state index in [0.717, 1.165) is 34.1 Å². The number of rotatable bonds is 3. The van der Waals surface area contributed by atoms with Crippen LogP contribution in [0.3, 0.4) is 0 Å². The Bertz CT molecular complexity index is 1030. The highest BCUT2D eigenvalue weighted by molar-refractivity contribution is 7.14. The van der Waals surface area contributed by atoms with Gasteiger partial charge in [-0.05, 0) is 36.2 Å². The molecule has 0 fully saturated rings. The lowest BCUT2D eigenvalue weighted by atomic mass is 9.96. The molecule has 1 atom stereocenters. The predicted molar refractivity (Wildman–Crippen MR) is 106 cm³/mol. The summed E-state index contributed by atoms with van der Waals surface area (Å²) in [4.78, 5) is 17.2. The summed E-state index contributed by atoms with van der Waals surface area (Å²) in [6.07, 6.45) is 0.669. The number of carbonyl (C=O) groups excluding carboxylic acids is 1. The molecule has 0 saturated heterocycles. The smallest absolute Gasteiger partial charge is 0.233 e. The van der Waals surface area contributed by atoms with Gasteiger partial charge in [-0.25, -0.2) is 4.98 Å². The summed E-state index contributed by atoms with van der Waals surface area (Å²) in [6.45, 7) is 1.49. The van der Waals surface area contributed by atoms with Crippen LogP contribution in [-0.4, -0.2) is 30.7 Å². The Balaban J connectivity index is 1.29. The molecule has 1 aromatic heterocycles. The Morgan fingerprint density at radius 2 is 1.89 bits per heavy atom. The molecule has 0 saturated carbocycles. The average molecular weight is 394 g/mol. The molecule has 0 bridgehead atoms. The van der Waals surface area contributed by atoms with Crippen molar-refractivity contribution in [3.8, 4) is 28.5 Å². The van der Waals surface area contributed by atoms with Gasteiger partial charge in [-0.3, -0.25) is 4.79 Å². The molecule has 1 unspecified atom stereocenters. The summed E-state index contributed by atoms with van der Waals surface area (Å²) in [7, 11) is 0. The van der Waals surface area contributed by atoms with Crippen molar-refractivity contribution in [1.82, 2.24) is 4.98 Å². The molecule has 28 heavy (non-hydrogen) atoms. The molecule has 0 aliphatic carbocycles. The fraction of sp³-hybridized carbons (Fsp3) is 0.238. The van der Waals surface area contributed by atoms with E-state index in [1.165, 1.54) is 11.3 Å². The first-order chi connectivity index (χ1) is 13.8. The summed E-state index contributed by atoms with van der Waals surface area (Å²) in [5, 5.41) is 5.43. The Hall–Kier alpha value is -3.06. The van der Waals surface area contributed by atoms with Gasteiger partial charge < -0.3 is 19.5 Å². The molecule has 2 aliphatic rings. The lowest BCUT2D eigenvalue weighted by Crippen LogP contribution is -2.32. The fourth-order valence-corrected chi connectivity index (χ4v) is 4.09. The van der Waals surface area contributed by atoms with Crippen LogP contribution in [0.15, 0.2) is 47.8 Å². The zero-order valence-corrected chi connectivity index (χ0v) is 15.8. The number of ether oxygens (including phenoxy) is 3. The van der Waals surface area contributed by atoms with Gasteiger partial charge in [-0.1, -0.05) is 18.2 Å². The third kappa shape index (κ3) is 3.29. The number of carbonyl (C=O) groups is 1. The number of nitrogens with one attached hydrogen (secondary N) is 1. The predicted octanol–water partition coefficient (Wildman–Crippen LogP) is 3.77. The Labute approximate surface area is 166 Å². The minimum absolute atomic E-state index is 0.0717. The van der Waals surface area contributed by atoms with Gasteiger partial charge in [0.1, 0.15) is 25.6 Å². The van der Waals surface area contributed by atoms with E-state index in [4.69, 9.17) is 14.2 Å². The number of fused-ring (bicyclic) bond motifs is 2. The quantitative estimate of drug-likeness (QED) is 0.732. The molecule has 0 spiro atoms. The SMILES string of the molecule is O=C(Nc1nc(-c2ccc3c(c2)OCCO3)cs1)C1COc2ccccc2C1. The zero-order valence-electron chi connectivity index (χ0n) is 15.0. The highest BCUT2D eigenvalue weighted by atomic mass is 32.1. The van der Waals surface area contributed by atoms with E-state index in [-0.39, 0.29) is 11.8 Å². The second-order valence-corrected chi connectivity index (χ2v) is 7.56. The molecule has 6 nitrogen and oxygen atoms in total. The third-order valence-corrected chi connectivity index (χ3v) is 5.58. The zero-order chi connectivity index (χ0) is 18.9. The van der Waals surface area contributed by atoms with Crippen molar-refractivity contribution in [1.29, 1.82) is 0 Å². The normalized spacial score (nSPS) is 17.4. The first-order valence-corrected chi connectivity index (χ1v) is 10.0. The van der Waals surface area contributed by atoms with E-state index in [9.17, 15) is 4.79 Å². The Morgan fingerprint density at radius 1 is 1.04 bits per heavy atom. The van der Waals surface area contributed by atoms with Crippen molar-refractivity contribution in [2.45, 2.75) is 6.42 Å². The standard InChI is InChI=1S/C21H18N2O4S/c24-20(15-9-14-3-1-2-4-17(14)27-11-15)23-21-22-16(12-28-21)13-5-6-18-19(10-13)26-8-7-25-18/h1-6,10,12,15H,7-9,11H2,(H,22,23,24). The highest BCUT2D eigenvalue weighted by Gasteiger charge is 2.26. The molecule has 2 aromatic carbocycles. The number of amides is 1. The van der Waals surface area contributed by atoms with Gasteiger partial charge in [0, 0.05) is 10.9 Å². The maximum atomic E-state index is 12.7. The summed E-state index contributed by atoms with van der Waals surface area (Å²) in [5.41, 5.74) is 2.78. The summed E-state index contributed by atoms with van der Waals surface area (Å²) in [6, 6.07) is 13.6. The van der Waals surface area contributed by atoms with E-state index in [2.05, 4.69) is 10.3 Å². The molecule has 5 rings (SSSR count). The monoisotopic (exact) mass is 394 g/mol. The van der Waals surface area contributed by atoms with Gasteiger partial charge in [0.15, 0.2) is 16.6 Å². The lowest BCUT2D eigenvalue weighted by Gasteiger charge is -2.24. The van der Waals surface area contributed by atoms with Gasteiger partial charge >= 0.3 is 0 Å². The summed E-state index contributed by atoms with van der Waals surface area (Å²) in [5.74, 6) is 2.03. The van der Waals surface area contributed by atoms with E-state index in [0.29, 0.717) is 31.4 Å². The largest absolute Gasteiger partial charge is 0.492 e. The third-order valence-electron chi connectivity index (χ3n) is 4.82. The van der Waals surface area contributed by atoms with Crippen molar-refractivity contribution < 1.29 is 19.0 Å². The van der Waals surface area contributed by atoms with Crippen LogP contribution in [0.1, 0.15) is 5.56 Å². The van der Waals surface area contributed by atoms with Gasteiger partial charge in [0.05, 0.1) is 11.6 Å². The number of nitrogens with zero attached hydrogens (tertiary/aromatic N) is 1. The first kappa shape index (κ1) is 17.1. The molecule has 3 heterocycles. The molecule has 2 aliphatic heterocycles. The average Bonchev–Trinajstić information content (AvgIpc) is 3.21. The fourth-order valence-electron chi connectivity index (χ4n) is 3.37.